The maximum absolute atomic E-state index is 5.50. The van der Waals surface area contributed by atoms with Crippen molar-refractivity contribution >= 4 is 27.3 Å². The van der Waals surface area contributed by atoms with Crippen LogP contribution in [0.5, 0.6) is 0 Å². The van der Waals surface area contributed by atoms with Crippen molar-refractivity contribution in [2.45, 2.75) is 6.04 Å². The lowest BCUT2D eigenvalue weighted by Crippen LogP contribution is -2.29. The van der Waals surface area contributed by atoms with Crippen molar-refractivity contribution in [3.63, 3.8) is 0 Å². The summed E-state index contributed by atoms with van der Waals surface area (Å²) in [6.45, 7) is 0. The Labute approximate surface area is 93.7 Å². The molecule has 14 heavy (non-hydrogen) atoms. The average Bonchev–Trinajstić information content (AvgIpc) is 2.80. The monoisotopic (exact) mass is 272 g/mol. The molecule has 2 heterocycles. The molecule has 0 spiro atoms. The molecule has 1 unspecified atom stereocenters. The molecule has 2 rings (SSSR count). The largest absolute Gasteiger partial charge is 0.347 e. The number of nitrogens with one attached hydrogen (secondary N) is 2. The minimum Gasteiger partial charge on any atom is -0.347 e. The maximum atomic E-state index is 5.50. The van der Waals surface area contributed by atoms with Gasteiger partial charge in [-0.1, -0.05) is 0 Å². The molecule has 0 saturated carbocycles. The molecule has 6 heteroatoms. The van der Waals surface area contributed by atoms with Gasteiger partial charge in [-0.3, -0.25) is 5.84 Å². The van der Waals surface area contributed by atoms with Crippen LogP contribution in [0.2, 0.25) is 0 Å². The highest BCUT2D eigenvalue weighted by Gasteiger charge is 2.18. The van der Waals surface area contributed by atoms with Gasteiger partial charge in [-0.2, -0.15) is 0 Å². The summed E-state index contributed by atoms with van der Waals surface area (Å²) in [5, 5.41) is 2.01. The van der Waals surface area contributed by atoms with Gasteiger partial charge in [0.15, 0.2) is 0 Å². The highest BCUT2D eigenvalue weighted by Crippen LogP contribution is 2.31. The molecule has 2 aromatic rings. The Balaban J connectivity index is 2.36. The molecule has 0 fully saturated rings. The van der Waals surface area contributed by atoms with E-state index in [-0.39, 0.29) is 6.04 Å². The summed E-state index contributed by atoms with van der Waals surface area (Å²) < 4.78 is 1.04. The van der Waals surface area contributed by atoms with E-state index in [1.165, 1.54) is 0 Å². The smallest absolute Gasteiger partial charge is 0.130 e. The number of nitrogens with zero attached hydrogens (tertiary/aromatic N) is 1. The third-order valence-electron chi connectivity index (χ3n) is 1.87. The summed E-state index contributed by atoms with van der Waals surface area (Å²) in [5.41, 5.74) is 2.73. The van der Waals surface area contributed by atoms with Crippen LogP contribution < -0.4 is 11.3 Å². The molecular formula is C8H9BrN4S. The van der Waals surface area contributed by atoms with Crippen molar-refractivity contribution in [3.05, 3.63) is 39.0 Å². The average molecular weight is 273 g/mol. The molecule has 2 aromatic heterocycles. The van der Waals surface area contributed by atoms with E-state index in [1.807, 2.05) is 11.4 Å². The minimum absolute atomic E-state index is 0.0839. The molecule has 0 bridgehead atoms. The standard InChI is InChI=1S/C8H9BrN4S/c9-5-1-4-14-7(5)6(13-10)8-11-2-3-12-8/h1-4,6,13H,10H2,(H,11,12). The predicted octanol–water partition coefficient (Wildman–Crippen LogP) is 1.79. The Kier molecular flexibility index (Phi) is 2.97. The number of aromatic amines is 1. The molecule has 0 aromatic carbocycles. The van der Waals surface area contributed by atoms with Crippen LogP contribution in [0.15, 0.2) is 28.3 Å². The molecule has 74 valence electrons. The predicted molar refractivity (Wildman–Crippen MR) is 59.8 cm³/mol. The first-order valence-corrected chi connectivity index (χ1v) is 5.68. The van der Waals surface area contributed by atoms with Crippen LogP contribution in [-0.2, 0) is 0 Å². The van der Waals surface area contributed by atoms with Gasteiger partial charge in [0.05, 0.1) is 0 Å². The van der Waals surface area contributed by atoms with E-state index in [9.17, 15) is 0 Å². The van der Waals surface area contributed by atoms with Crippen molar-refractivity contribution in [2.75, 3.05) is 0 Å². The van der Waals surface area contributed by atoms with Crippen LogP contribution in [0.3, 0.4) is 0 Å². The second-order valence-corrected chi connectivity index (χ2v) is 4.51. The Morgan fingerprint density at radius 3 is 3.00 bits per heavy atom. The zero-order valence-corrected chi connectivity index (χ0v) is 9.60. The number of nitrogens with two attached hydrogens (primary N) is 1. The summed E-state index contributed by atoms with van der Waals surface area (Å²) in [7, 11) is 0. The zero-order chi connectivity index (χ0) is 9.97. The molecular weight excluding hydrogens is 264 g/mol. The van der Waals surface area contributed by atoms with E-state index in [0.29, 0.717) is 0 Å². The molecule has 0 aliphatic rings. The van der Waals surface area contributed by atoms with E-state index in [2.05, 4.69) is 31.3 Å². The highest BCUT2D eigenvalue weighted by molar-refractivity contribution is 9.10. The van der Waals surface area contributed by atoms with Crippen molar-refractivity contribution in [3.8, 4) is 0 Å². The van der Waals surface area contributed by atoms with Gasteiger partial charge in [0, 0.05) is 21.7 Å². The fraction of sp³-hybridized carbons (Fsp3) is 0.125. The van der Waals surface area contributed by atoms with Gasteiger partial charge in [-0.25, -0.2) is 10.4 Å². The SMILES string of the molecule is NNC(c1ncc[nH]1)c1sccc1Br. The first-order chi connectivity index (χ1) is 6.83. The van der Waals surface area contributed by atoms with Crippen LogP contribution in [0, 0.1) is 0 Å². The number of H-pyrrole nitrogens is 1. The van der Waals surface area contributed by atoms with E-state index in [1.54, 1.807) is 23.7 Å². The molecule has 0 amide bonds. The molecule has 1 atom stereocenters. The number of rotatable bonds is 3. The van der Waals surface area contributed by atoms with E-state index in [0.717, 1.165) is 15.2 Å². The zero-order valence-electron chi connectivity index (χ0n) is 7.20. The quantitative estimate of drug-likeness (QED) is 0.590. The van der Waals surface area contributed by atoms with Gasteiger partial charge in [0.25, 0.3) is 0 Å². The Hall–Kier alpha value is -0.690. The third-order valence-corrected chi connectivity index (χ3v) is 3.80. The summed E-state index contributed by atoms with van der Waals surface area (Å²) in [5.74, 6) is 6.32. The summed E-state index contributed by atoms with van der Waals surface area (Å²) in [6.07, 6.45) is 3.49. The Morgan fingerprint density at radius 2 is 2.50 bits per heavy atom. The molecule has 4 nitrogen and oxygen atoms in total. The number of hydrogen-bond donors (Lipinski definition) is 3. The van der Waals surface area contributed by atoms with Gasteiger partial charge in [-0.05, 0) is 27.4 Å². The first-order valence-electron chi connectivity index (χ1n) is 4.01. The van der Waals surface area contributed by atoms with Gasteiger partial charge in [-0.15, -0.1) is 11.3 Å². The van der Waals surface area contributed by atoms with Crippen molar-refractivity contribution in [1.82, 2.24) is 15.4 Å². The number of imidazole rings is 1. The van der Waals surface area contributed by atoms with Crippen LogP contribution in [0.25, 0.3) is 0 Å². The van der Waals surface area contributed by atoms with Gasteiger partial charge in [0.1, 0.15) is 11.9 Å². The summed E-state index contributed by atoms with van der Waals surface area (Å²) in [6, 6.07) is 1.91. The summed E-state index contributed by atoms with van der Waals surface area (Å²) >= 11 is 5.10. The maximum Gasteiger partial charge on any atom is 0.130 e. The van der Waals surface area contributed by atoms with Gasteiger partial charge in [0.2, 0.25) is 0 Å². The fourth-order valence-electron chi connectivity index (χ4n) is 1.23. The van der Waals surface area contributed by atoms with Gasteiger partial charge < -0.3 is 4.98 Å². The lowest BCUT2D eigenvalue weighted by Gasteiger charge is -2.11. The van der Waals surface area contributed by atoms with E-state index < -0.39 is 0 Å². The number of aromatic nitrogens is 2. The number of thiophene rings is 1. The lowest BCUT2D eigenvalue weighted by atomic mass is 10.2. The minimum atomic E-state index is -0.0839. The van der Waals surface area contributed by atoms with Crippen LogP contribution >= 0.6 is 27.3 Å². The van der Waals surface area contributed by atoms with Crippen molar-refractivity contribution in [2.24, 2.45) is 5.84 Å². The third kappa shape index (κ3) is 1.74. The lowest BCUT2D eigenvalue weighted by molar-refractivity contribution is 0.615. The second-order valence-electron chi connectivity index (χ2n) is 2.71. The highest BCUT2D eigenvalue weighted by atomic mass is 79.9. The Bertz CT molecular complexity index is 397. The number of hydrazine groups is 1. The molecule has 0 aliphatic carbocycles. The first kappa shape index (κ1) is 9.85. The van der Waals surface area contributed by atoms with Crippen LogP contribution in [-0.4, -0.2) is 9.97 Å². The van der Waals surface area contributed by atoms with Crippen molar-refractivity contribution < 1.29 is 0 Å². The molecule has 0 saturated heterocycles. The topological polar surface area (TPSA) is 66.7 Å². The van der Waals surface area contributed by atoms with E-state index in [4.69, 9.17) is 5.84 Å². The van der Waals surface area contributed by atoms with Crippen LogP contribution in [0.4, 0.5) is 0 Å². The molecule has 4 N–H and O–H groups in total. The number of hydrogen-bond acceptors (Lipinski definition) is 4. The molecule has 0 aliphatic heterocycles. The summed E-state index contributed by atoms with van der Waals surface area (Å²) in [4.78, 5) is 8.32. The fourth-order valence-corrected chi connectivity index (χ4v) is 2.89. The van der Waals surface area contributed by atoms with Gasteiger partial charge >= 0.3 is 0 Å². The molecule has 0 radical (unpaired) electrons. The van der Waals surface area contributed by atoms with Crippen molar-refractivity contribution in [1.29, 1.82) is 0 Å². The normalized spacial score (nSPS) is 13.0. The van der Waals surface area contributed by atoms with E-state index >= 15 is 0 Å². The Morgan fingerprint density at radius 1 is 1.64 bits per heavy atom. The number of halogens is 1. The second kappa shape index (κ2) is 4.22. The van der Waals surface area contributed by atoms with Crippen LogP contribution in [0.1, 0.15) is 16.7 Å².